The molecule has 0 radical (unpaired) electrons. The highest BCUT2D eigenvalue weighted by molar-refractivity contribution is 6.11. The zero-order chi connectivity index (χ0) is 33.8. The Bertz CT molecular complexity index is 1810. The Morgan fingerprint density at radius 2 is 1.50 bits per heavy atom. The van der Waals surface area contributed by atoms with Crippen LogP contribution in [0.25, 0.3) is 11.1 Å². The third kappa shape index (κ3) is 7.06. The number of likely N-dealkylation sites (N-methyl/N-ethyl adjacent to an activating group) is 1. The third-order valence-electron chi connectivity index (χ3n) is 9.23. The van der Waals surface area contributed by atoms with Crippen molar-refractivity contribution in [3.8, 4) is 16.9 Å². The Balaban J connectivity index is 1.22. The van der Waals surface area contributed by atoms with Gasteiger partial charge in [0.15, 0.2) is 0 Å². The molecule has 1 fully saturated rings. The van der Waals surface area contributed by atoms with Gasteiger partial charge in [0.05, 0.1) is 30.7 Å². The molecular formula is C39H43N5O4. The van der Waals surface area contributed by atoms with Crippen molar-refractivity contribution in [2.24, 2.45) is 0 Å². The first kappa shape index (κ1) is 32.8. The summed E-state index contributed by atoms with van der Waals surface area (Å²) in [7, 11) is 3.60. The highest BCUT2D eigenvalue weighted by Crippen LogP contribution is 2.36. The molecular weight excluding hydrogens is 602 g/mol. The first-order valence-corrected chi connectivity index (χ1v) is 16.5. The van der Waals surface area contributed by atoms with Crippen molar-refractivity contribution in [3.05, 3.63) is 107 Å². The van der Waals surface area contributed by atoms with Crippen molar-refractivity contribution >= 4 is 34.8 Å². The van der Waals surface area contributed by atoms with Gasteiger partial charge in [0.25, 0.3) is 11.8 Å². The van der Waals surface area contributed by atoms with Crippen molar-refractivity contribution in [1.82, 2.24) is 9.80 Å². The number of anilines is 3. The summed E-state index contributed by atoms with van der Waals surface area (Å²) in [5.74, 6) is 0.0550. The summed E-state index contributed by atoms with van der Waals surface area (Å²) in [5.41, 5.74) is 7.10. The molecule has 0 bridgehead atoms. The fraction of sp³-hybridized carbons (Fsp3) is 0.308. The molecule has 0 aromatic heterocycles. The summed E-state index contributed by atoms with van der Waals surface area (Å²) < 4.78 is 5.68. The van der Waals surface area contributed by atoms with E-state index >= 15 is 0 Å². The SMILES string of the molecule is COc1cc(C(=O)N2CCCN(CC(=O)N3CCN(C)CC3)c3cc(C)ccc32)ccc1NC(=O)c1ccccc1-c1ccc(C)cc1. The Labute approximate surface area is 282 Å². The second-order valence-electron chi connectivity index (χ2n) is 12.7. The first-order valence-electron chi connectivity index (χ1n) is 16.5. The van der Waals surface area contributed by atoms with Gasteiger partial charge in [0.2, 0.25) is 5.91 Å². The van der Waals surface area contributed by atoms with Crippen molar-refractivity contribution < 1.29 is 19.1 Å². The van der Waals surface area contributed by atoms with Crippen LogP contribution in [-0.2, 0) is 4.79 Å². The van der Waals surface area contributed by atoms with Gasteiger partial charge in [-0.3, -0.25) is 14.4 Å². The number of hydrogen-bond acceptors (Lipinski definition) is 6. The van der Waals surface area contributed by atoms with Crippen LogP contribution >= 0.6 is 0 Å². The average Bonchev–Trinajstić information content (AvgIpc) is 3.27. The van der Waals surface area contributed by atoms with E-state index in [0.717, 1.165) is 59.8 Å². The van der Waals surface area contributed by atoms with Gasteiger partial charge in [0.1, 0.15) is 5.75 Å². The molecule has 248 valence electrons. The summed E-state index contributed by atoms with van der Waals surface area (Å²) >= 11 is 0. The Kier molecular flexibility index (Phi) is 9.77. The molecule has 4 aromatic rings. The Morgan fingerprint density at radius 1 is 0.771 bits per heavy atom. The van der Waals surface area contributed by atoms with E-state index in [1.165, 1.54) is 7.11 Å². The minimum atomic E-state index is -0.272. The van der Waals surface area contributed by atoms with Crippen LogP contribution < -0.4 is 19.9 Å². The van der Waals surface area contributed by atoms with Gasteiger partial charge < -0.3 is 29.7 Å². The lowest BCUT2D eigenvalue weighted by molar-refractivity contribution is -0.131. The van der Waals surface area contributed by atoms with E-state index in [0.29, 0.717) is 42.1 Å². The number of nitrogens with one attached hydrogen (secondary N) is 1. The van der Waals surface area contributed by atoms with Crippen LogP contribution in [0.5, 0.6) is 5.75 Å². The molecule has 2 heterocycles. The topological polar surface area (TPSA) is 85.4 Å². The van der Waals surface area contributed by atoms with E-state index in [2.05, 4.69) is 28.2 Å². The minimum Gasteiger partial charge on any atom is -0.495 e. The zero-order valence-corrected chi connectivity index (χ0v) is 28.2. The highest BCUT2D eigenvalue weighted by Gasteiger charge is 2.29. The van der Waals surface area contributed by atoms with Gasteiger partial charge in [-0.05, 0) is 80.4 Å². The smallest absolute Gasteiger partial charge is 0.258 e. The second-order valence-corrected chi connectivity index (χ2v) is 12.7. The summed E-state index contributed by atoms with van der Waals surface area (Å²) in [4.78, 5) is 49.1. The van der Waals surface area contributed by atoms with Gasteiger partial charge in [-0.1, -0.05) is 54.1 Å². The van der Waals surface area contributed by atoms with E-state index in [-0.39, 0.29) is 24.3 Å². The number of carbonyl (C=O) groups is 3. The van der Waals surface area contributed by atoms with Crippen LogP contribution in [0.3, 0.4) is 0 Å². The number of carbonyl (C=O) groups excluding carboxylic acids is 3. The number of nitrogens with zero attached hydrogens (tertiary/aromatic N) is 4. The van der Waals surface area contributed by atoms with Crippen LogP contribution in [0, 0.1) is 13.8 Å². The van der Waals surface area contributed by atoms with Crippen LogP contribution in [0.15, 0.2) is 84.9 Å². The number of benzene rings is 4. The van der Waals surface area contributed by atoms with Crippen LogP contribution in [0.1, 0.15) is 38.3 Å². The predicted octanol–water partition coefficient (Wildman–Crippen LogP) is 5.86. The third-order valence-corrected chi connectivity index (χ3v) is 9.23. The second kappa shape index (κ2) is 14.3. The monoisotopic (exact) mass is 645 g/mol. The minimum absolute atomic E-state index is 0.110. The molecule has 4 aromatic carbocycles. The average molecular weight is 646 g/mol. The van der Waals surface area contributed by atoms with Crippen LogP contribution in [0.2, 0.25) is 0 Å². The van der Waals surface area contributed by atoms with Crippen LogP contribution in [0.4, 0.5) is 17.1 Å². The Morgan fingerprint density at radius 3 is 2.25 bits per heavy atom. The quantitative estimate of drug-likeness (QED) is 0.271. The number of methoxy groups -OCH3 is 1. The van der Waals surface area contributed by atoms with Gasteiger partial charge in [-0.2, -0.15) is 0 Å². The summed E-state index contributed by atoms with van der Waals surface area (Å²) in [6.45, 7) is 8.70. The van der Waals surface area contributed by atoms with Crippen molar-refractivity contribution in [3.63, 3.8) is 0 Å². The molecule has 6 rings (SSSR count). The van der Waals surface area contributed by atoms with Crippen molar-refractivity contribution in [1.29, 1.82) is 0 Å². The molecule has 2 aliphatic heterocycles. The van der Waals surface area contributed by atoms with Gasteiger partial charge in [0, 0.05) is 50.4 Å². The Hall–Kier alpha value is -5.15. The molecule has 0 atom stereocenters. The van der Waals surface area contributed by atoms with E-state index in [9.17, 15) is 14.4 Å². The lowest BCUT2D eigenvalue weighted by atomic mass is 9.98. The summed E-state index contributed by atoms with van der Waals surface area (Å²) in [6, 6.07) is 26.7. The summed E-state index contributed by atoms with van der Waals surface area (Å²) in [5, 5.41) is 3.00. The molecule has 1 saturated heterocycles. The maximum atomic E-state index is 14.1. The molecule has 0 aliphatic carbocycles. The molecule has 0 unspecified atom stereocenters. The number of rotatable bonds is 7. The zero-order valence-electron chi connectivity index (χ0n) is 28.2. The van der Waals surface area contributed by atoms with Crippen molar-refractivity contribution in [2.75, 3.05) is 75.1 Å². The lowest BCUT2D eigenvalue weighted by Crippen LogP contribution is -2.50. The number of fused-ring (bicyclic) bond motifs is 1. The van der Waals surface area contributed by atoms with Crippen molar-refractivity contribution in [2.45, 2.75) is 20.3 Å². The lowest BCUT2D eigenvalue weighted by Gasteiger charge is -2.34. The number of ether oxygens (including phenoxy) is 1. The van der Waals surface area contributed by atoms with E-state index in [1.807, 2.05) is 73.3 Å². The van der Waals surface area contributed by atoms with Gasteiger partial charge in [-0.15, -0.1) is 0 Å². The maximum Gasteiger partial charge on any atom is 0.258 e. The summed E-state index contributed by atoms with van der Waals surface area (Å²) in [6.07, 6.45) is 0.709. The van der Waals surface area contributed by atoms with E-state index < -0.39 is 0 Å². The normalized spacial score (nSPS) is 15.0. The molecule has 3 amide bonds. The number of aryl methyl sites for hydroxylation is 2. The maximum absolute atomic E-state index is 14.1. The molecule has 9 nitrogen and oxygen atoms in total. The number of amides is 3. The molecule has 9 heteroatoms. The standard InChI is InChI=1S/C39H43N5O4/c1-27-10-13-29(14-11-27)31-8-5-6-9-32(31)38(46)40-33-16-15-30(25-36(33)48-4)39(47)44-19-7-18-43(35-24-28(2)12-17-34(35)44)26-37(45)42-22-20-41(3)21-23-42/h5-6,8-17,24-25H,7,18-23,26H2,1-4H3,(H,40,46). The fourth-order valence-corrected chi connectivity index (χ4v) is 6.41. The van der Waals surface area contributed by atoms with Crippen LogP contribution in [-0.4, -0.2) is 87.5 Å². The van der Waals surface area contributed by atoms with E-state index in [4.69, 9.17) is 4.74 Å². The van der Waals surface area contributed by atoms with Gasteiger partial charge >= 0.3 is 0 Å². The largest absolute Gasteiger partial charge is 0.495 e. The first-order chi connectivity index (χ1) is 23.2. The molecule has 1 N–H and O–H groups in total. The fourth-order valence-electron chi connectivity index (χ4n) is 6.41. The molecule has 0 spiro atoms. The molecule has 2 aliphatic rings. The molecule has 0 saturated carbocycles. The van der Waals surface area contributed by atoms with E-state index in [1.54, 1.807) is 29.2 Å². The highest BCUT2D eigenvalue weighted by atomic mass is 16.5. The molecule has 48 heavy (non-hydrogen) atoms. The number of hydrogen-bond donors (Lipinski definition) is 1. The van der Waals surface area contributed by atoms with Gasteiger partial charge in [-0.25, -0.2) is 0 Å². The predicted molar refractivity (Wildman–Crippen MR) is 191 cm³/mol. The number of piperazine rings is 1.